The zero-order valence-electron chi connectivity index (χ0n) is 18.7. The van der Waals surface area contributed by atoms with Crippen molar-refractivity contribution in [3.8, 4) is 17.2 Å². The van der Waals surface area contributed by atoms with Crippen LogP contribution in [-0.2, 0) is 5.60 Å². The Labute approximate surface area is 204 Å². The van der Waals surface area contributed by atoms with E-state index >= 15 is 0 Å². The predicted octanol–water partition coefficient (Wildman–Crippen LogP) is 5.94. The molecule has 0 saturated carbocycles. The molecule has 0 fully saturated rings. The van der Waals surface area contributed by atoms with Crippen LogP contribution in [0.25, 0.3) is 32.3 Å². The first-order chi connectivity index (χ1) is 17.3. The molecule has 1 aliphatic rings. The molecule has 5 aromatic carbocycles. The van der Waals surface area contributed by atoms with Crippen molar-refractivity contribution in [2.45, 2.75) is 11.6 Å². The number of phenolic OH excluding ortho intramolecular Hbond substituents is 3. The van der Waals surface area contributed by atoms with Crippen LogP contribution in [0.5, 0.6) is 17.2 Å². The molecule has 178 valence electrons. The lowest BCUT2D eigenvalue weighted by atomic mass is 9.78. The summed E-state index contributed by atoms with van der Waals surface area (Å²) in [6.07, 6.45) is 2.23. The summed E-state index contributed by atoms with van der Waals surface area (Å²) in [5, 5.41) is 76.4. The molecular formula is C28H20N2O6. The fourth-order valence-corrected chi connectivity index (χ4v) is 5.07. The maximum Gasteiger partial charge on any atom is 0.169 e. The largest absolute Gasteiger partial charge is 0.510 e. The highest BCUT2D eigenvalue weighted by molar-refractivity contribution is 6.23. The van der Waals surface area contributed by atoms with Crippen LogP contribution in [0.3, 0.4) is 0 Å². The van der Waals surface area contributed by atoms with Gasteiger partial charge in [-0.1, -0.05) is 54.6 Å². The van der Waals surface area contributed by atoms with Gasteiger partial charge in [0.25, 0.3) is 0 Å². The quantitative estimate of drug-likeness (QED) is 0.139. The van der Waals surface area contributed by atoms with Crippen LogP contribution in [0.2, 0.25) is 0 Å². The summed E-state index contributed by atoms with van der Waals surface area (Å²) in [5.41, 5.74) is -2.00. The van der Waals surface area contributed by atoms with E-state index in [1.165, 1.54) is 6.08 Å². The number of phenols is 3. The van der Waals surface area contributed by atoms with E-state index in [1.54, 1.807) is 6.07 Å². The van der Waals surface area contributed by atoms with Crippen LogP contribution >= 0.6 is 0 Å². The van der Waals surface area contributed by atoms with E-state index in [2.05, 4.69) is 10.2 Å². The van der Waals surface area contributed by atoms with Crippen LogP contribution in [-0.4, -0.2) is 36.7 Å². The van der Waals surface area contributed by atoms with Gasteiger partial charge in [-0.3, -0.25) is 0 Å². The van der Waals surface area contributed by atoms with Gasteiger partial charge in [0.2, 0.25) is 0 Å². The van der Waals surface area contributed by atoms with Gasteiger partial charge in [0, 0.05) is 18.2 Å². The minimum Gasteiger partial charge on any atom is -0.510 e. The fraction of sp³-hybridized carbons (Fsp3) is 0.0714. The van der Waals surface area contributed by atoms with E-state index in [-0.39, 0.29) is 17.2 Å². The molecule has 0 amide bonds. The average Bonchev–Trinajstić information content (AvgIpc) is 2.83. The summed E-state index contributed by atoms with van der Waals surface area (Å²) in [6.45, 7) is 0. The molecule has 0 bridgehead atoms. The molecule has 8 nitrogen and oxygen atoms in total. The summed E-state index contributed by atoms with van der Waals surface area (Å²) in [6, 6.07) is 18.0. The average molecular weight is 480 g/mol. The maximum atomic E-state index is 12.0. The molecule has 8 heteroatoms. The number of hydrogen-bond donors (Lipinski definition) is 6. The third kappa shape index (κ3) is 3.12. The van der Waals surface area contributed by atoms with Crippen LogP contribution in [0.1, 0.15) is 5.56 Å². The Morgan fingerprint density at radius 1 is 0.722 bits per heavy atom. The summed E-state index contributed by atoms with van der Waals surface area (Å²) < 4.78 is 0. The van der Waals surface area contributed by atoms with Crippen molar-refractivity contribution in [3.63, 3.8) is 0 Å². The molecule has 2 atom stereocenters. The Hall–Kier alpha value is -4.82. The molecule has 0 aliphatic heterocycles. The molecular weight excluding hydrogens is 460 g/mol. The third-order valence-electron chi connectivity index (χ3n) is 6.65. The van der Waals surface area contributed by atoms with Crippen molar-refractivity contribution in [1.29, 1.82) is 0 Å². The lowest BCUT2D eigenvalue weighted by Gasteiger charge is -2.34. The first-order valence-electron chi connectivity index (χ1n) is 11.1. The first-order valence-corrected chi connectivity index (χ1v) is 11.1. The van der Waals surface area contributed by atoms with E-state index in [0.29, 0.717) is 10.9 Å². The second-order valence-electron chi connectivity index (χ2n) is 8.88. The lowest BCUT2D eigenvalue weighted by molar-refractivity contribution is 0.0506. The van der Waals surface area contributed by atoms with Gasteiger partial charge in [0.05, 0.1) is 0 Å². The van der Waals surface area contributed by atoms with Crippen LogP contribution in [0, 0.1) is 0 Å². The number of nitrogens with zero attached hydrogens (tertiary/aromatic N) is 2. The Kier molecular flexibility index (Phi) is 4.58. The predicted molar refractivity (Wildman–Crippen MR) is 135 cm³/mol. The molecule has 6 N–H and O–H groups in total. The number of aliphatic hydroxyl groups excluding tert-OH is 2. The van der Waals surface area contributed by atoms with E-state index < -0.39 is 28.9 Å². The monoisotopic (exact) mass is 480 g/mol. The highest BCUT2D eigenvalue weighted by Gasteiger charge is 2.44. The molecule has 0 aromatic heterocycles. The lowest BCUT2D eigenvalue weighted by Crippen LogP contribution is -2.40. The van der Waals surface area contributed by atoms with Crippen molar-refractivity contribution < 1.29 is 30.6 Å². The molecule has 5 aromatic rings. The minimum absolute atomic E-state index is 0.350. The molecule has 1 aliphatic carbocycles. The van der Waals surface area contributed by atoms with E-state index in [0.717, 1.165) is 45.1 Å². The molecule has 0 heterocycles. The van der Waals surface area contributed by atoms with Gasteiger partial charge in [-0.25, -0.2) is 0 Å². The van der Waals surface area contributed by atoms with Gasteiger partial charge in [0.1, 0.15) is 22.9 Å². The molecule has 0 saturated heterocycles. The van der Waals surface area contributed by atoms with Crippen molar-refractivity contribution in [2.75, 3.05) is 0 Å². The number of allylic oxidation sites excluding steroid dienone is 1. The standard InChI is InChI=1S/C28H20N2O6/c31-17-10-21(33)26(22(34)11-17)29-30-27-23(35)12-18(32)13-28(27,36)20-9-7-16-5-4-14-2-1-3-15-6-8-19(20)25(16)24(14)15/h1-13,27,31-36H. The SMILES string of the molecule is OC1=CC(O)(c2ccc3ccc4cccc5ccc2c3c45)C(N=Nc2c(O)cc(O)cc2O)C(O)=C1. The Bertz CT molecular complexity index is 1730. The van der Waals surface area contributed by atoms with Gasteiger partial charge in [0.15, 0.2) is 23.2 Å². The number of rotatable bonds is 3. The summed E-state index contributed by atoms with van der Waals surface area (Å²) >= 11 is 0. The van der Waals surface area contributed by atoms with Crippen molar-refractivity contribution in [2.24, 2.45) is 10.2 Å². The number of benzene rings is 5. The maximum absolute atomic E-state index is 12.0. The Morgan fingerprint density at radius 2 is 1.33 bits per heavy atom. The van der Waals surface area contributed by atoms with E-state index in [1.807, 2.05) is 48.5 Å². The Balaban J connectivity index is 1.58. The smallest absolute Gasteiger partial charge is 0.169 e. The zero-order chi connectivity index (χ0) is 25.2. The van der Waals surface area contributed by atoms with Gasteiger partial charge in [-0.05, 0) is 44.0 Å². The number of azo groups is 1. The highest BCUT2D eigenvalue weighted by atomic mass is 16.3. The number of aliphatic hydroxyl groups is 3. The van der Waals surface area contributed by atoms with Crippen LogP contribution in [0.15, 0.2) is 101 Å². The Morgan fingerprint density at radius 3 is 2.03 bits per heavy atom. The fourth-order valence-electron chi connectivity index (χ4n) is 5.07. The van der Waals surface area contributed by atoms with Gasteiger partial charge in [-0.15, -0.1) is 5.11 Å². The molecule has 0 radical (unpaired) electrons. The molecule has 0 spiro atoms. The van der Waals surface area contributed by atoms with Crippen LogP contribution in [0.4, 0.5) is 5.69 Å². The summed E-state index contributed by atoms with van der Waals surface area (Å²) in [7, 11) is 0. The third-order valence-corrected chi connectivity index (χ3v) is 6.65. The van der Waals surface area contributed by atoms with Crippen molar-refractivity contribution in [1.82, 2.24) is 0 Å². The number of hydrogen-bond acceptors (Lipinski definition) is 8. The minimum atomic E-state index is -2.03. The first kappa shape index (κ1) is 21.7. The van der Waals surface area contributed by atoms with E-state index in [4.69, 9.17) is 0 Å². The van der Waals surface area contributed by atoms with Crippen molar-refractivity contribution >= 4 is 38.0 Å². The topological polar surface area (TPSA) is 146 Å². The van der Waals surface area contributed by atoms with E-state index in [9.17, 15) is 30.6 Å². The number of aromatic hydroxyl groups is 3. The normalized spacial score (nSPS) is 20.4. The van der Waals surface area contributed by atoms with Gasteiger partial charge < -0.3 is 30.6 Å². The van der Waals surface area contributed by atoms with Crippen molar-refractivity contribution in [3.05, 3.63) is 96.0 Å². The second kappa shape index (κ2) is 7.59. The van der Waals surface area contributed by atoms with Gasteiger partial charge in [-0.2, -0.15) is 5.11 Å². The molecule has 36 heavy (non-hydrogen) atoms. The molecule has 6 rings (SSSR count). The summed E-state index contributed by atoms with van der Waals surface area (Å²) in [5.74, 6) is -2.28. The zero-order valence-corrected chi connectivity index (χ0v) is 18.7. The van der Waals surface area contributed by atoms with Crippen LogP contribution < -0.4 is 0 Å². The highest BCUT2D eigenvalue weighted by Crippen LogP contribution is 2.45. The summed E-state index contributed by atoms with van der Waals surface area (Å²) in [4.78, 5) is 0. The molecule has 2 unspecified atom stereocenters. The van der Waals surface area contributed by atoms with Gasteiger partial charge >= 0.3 is 0 Å². The second-order valence-corrected chi connectivity index (χ2v) is 8.88.